The molecule has 0 aliphatic carbocycles. The third-order valence-electron chi connectivity index (χ3n) is 7.83. The van der Waals surface area contributed by atoms with Crippen LogP contribution in [0.15, 0.2) is 0 Å². The van der Waals surface area contributed by atoms with Crippen molar-refractivity contribution in [2.45, 2.75) is 187 Å². The lowest BCUT2D eigenvalue weighted by Crippen LogP contribution is -2.31. The molecule has 0 rings (SSSR count). The molecule has 1 N–H and O–H groups in total. The second kappa shape index (κ2) is 32.3. The molecule has 258 valence electrons. The SMILES string of the molecule is CCCCCCCCCCCCCC(=O)OC[C@H](COC(=O)CCNC(C)=O)OC(=O)CCCCCCCCCCCCC. The molecule has 44 heavy (non-hydrogen) atoms. The second-order valence-electron chi connectivity index (χ2n) is 12.3. The molecule has 0 aliphatic rings. The quantitative estimate of drug-likeness (QED) is 0.0452. The molecule has 0 aromatic heterocycles. The van der Waals surface area contributed by atoms with E-state index < -0.39 is 12.1 Å². The van der Waals surface area contributed by atoms with E-state index in [1.54, 1.807) is 0 Å². The molecule has 0 aromatic rings. The average molecular weight is 626 g/mol. The molecule has 0 radical (unpaired) electrons. The van der Waals surface area contributed by atoms with Crippen LogP contribution < -0.4 is 5.32 Å². The third-order valence-corrected chi connectivity index (χ3v) is 7.83. The van der Waals surface area contributed by atoms with E-state index >= 15 is 0 Å². The molecule has 1 atom stereocenters. The van der Waals surface area contributed by atoms with E-state index in [-0.39, 0.29) is 50.4 Å². The lowest BCUT2D eigenvalue weighted by molar-refractivity contribution is -0.166. The Labute approximate surface area is 269 Å². The van der Waals surface area contributed by atoms with Crippen molar-refractivity contribution in [3.05, 3.63) is 0 Å². The monoisotopic (exact) mass is 625 g/mol. The fraction of sp³-hybridized carbons (Fsp3) is 0.889. The van der Waals surface area contributed by atoms with Gasteiger partial charge >= 0.3 is 17.9 Å². The van der Waals surface area contributed by atoms with Crippen molar-refractivity contribution in [2.75, 3.05) is 19.8 Å². The molecule has 0 saturated heterocycles. The number of nitrogens with one attached hydrogen (secondary N) is 1. The highest BCUT2D eigenvalue weighted by molar-refractivity contribution is 5.74. The first kappa shape index (κ1) is 41.9. The summed E-state index contributed by atoms with van der Waals surface area (Å²) in [6, 6.07) is 0. The number of esters is 3. The van der Waals surface area contributed by atoms with E-state index in [0.717, 1.165) is 38.5 Å². The minimum Gasteiger partial charge on any atom is -0.462 e. The van der Waals surface area contributed by atoms with Crippen LogP contribution in [0, 0.1) is 0 Å². The first-order valence-electron chi connectivity index (χ1n) is 18.1. The minimum absolute atomic E-state index is 0.0115. The second-order valence-corrected chi connectivity index (χ2v) is 12.3. The number of ether oxygens (including phenoxy) is 3. The van der Waals surface area contributed by atoms with Gasteiger partial charge in [-0.25, -0.2) is 0 Å². The summed E-state index contributed by atoms with van der Waals surface area (Å²) in [7, 11) is 0. The molecule has 0 fully saturated rings. The first-order valence-corrected chi connectivity index (χ1v) is 18.1. The van der Waals surface area contributed by atoms with Gasteiger partial charge in [-0.3, -0.25) is 19.2 Å². The largest absolute Gasteiger partial charge is 0.462 e. The van der Waals surface area contributed by atoms with E-state index in [1.165, 1.54) is 110 Å². The van der Waals surface area contributed by atoms with Gasteiger partial charge in [0.25, 0.3) is 0 Å². The van der Waals surface area contributed by atoms with Gasteiger partial charge in [0.15, 0.2) is 6.10 Å². The van der Waals surface area contributed by atoms with Crippen molar-refractivity contribution in [2.24, 2.45) is 0 Å². The standard InChI is InChI=1S/C36H67NO7/c1-4-6-8-10-12-14-16-18-20-22-24-26-34(39)42-30-33(31-43-35(40)28-29-37-32(3)38)44-36(41)27-25-23-21-19-17-15-13-11-9-7-5-2/h33H,4-31H2,1-3H3,(H,37,38)/t33-/m1/s1. The Morgan fingerprint density at radius 1 is 0.477 bits per heavy atom. The van der Waals surface area contributed by atoms with Crippen LogP contribution in [0.4, 0.5) is 0 Å². The summed E-state index contributed by atoms with van der Waals surface area (Å²) in [6.07, 6.45) is 26.2. The Hall–Kier alpha value is -2.12. The maximum Gasteiger partial charge on any atom is 0.307 e. The molecule has 0 aromatic carbocycles. The van der Waals surface area contributed by atoms with Gasteiger partial charge in [0.2, 0.25) is 5.91 Å². The molecule has 0 unspecified atom stereocenters. The molecule has 0 heterocycles. The summed E-state index contributed by atoms with van der Waals surface area (Å²) in [5, 5.41) is 2.54. The van der Waals surface area contributed by atoms with Crippen LogP contribution in [0.5, 0.6) is 0 Å². The van der Waals surface area contributed by atoms with Gasteiger partial charge in [-0.15, -0.1) is 0 Å². The van der Waals surface area contributed by atoms with Crippen molar-refractivity contribution >= 4 is 23.8 Å². The number of carbonyl (C=O) groups excluding carboxylic acids is 4. The molecule has 0 spiro atoms. The highest BCUT2D eigenvalue weighted by Gasteiger charge is 2.19. The van der Waals surface area contributed by atoms with Crippen LogP contribution in [0.25, 0.3) is 0 Å². The van der Waals surface area contributed by atoms with Crippen LogP contribution in [0.2, 0.25) is 0 Å². The maximum atomic E-state index is 12.5. The van der Waals surface area contributed by atoms with E-state index in [9.17, 15) is 19.2 Å². The van der Waals surface area contributed by atoms with Crippen LogP contribution in [0.3, 0.4) is 0 Å². The Balaban J connectivity index is 4.25. The predicted molar refractivity (Wildman–Crippen MR) is 177 cm³/mol. The van der Waals surface area contributed by atoms with Gasteiger partial charge in [-0.1, -0.05) is 142 Å². The highest BCUT2D eigenvalue weighted by Crippen LogP contribution is 2.14. The fourth-order valence-electron chi connectivity index (χ4n) is 5.08. The summed E-state index contributed by atoms with van der Waals surface area (Å²) < 4.78 is 16.2. The van der Waals surface area contributed by atoms with Gasteiger partial charge in [0, 0.05) is 26.3 Å². The fourth-order valence-corrected chi connectivity index (χ4v) is 5.08. The van der Waals surface area contributed by atoms with Crippen LogP contribution >= 0.6 is 0 Å². The molecular weight excluding hydrogens is 558 g/mol. The van der Waals surface area contributed by atoms with E-state index in [0.29, 0.717) is 6.42 Å². The number of hydrogen-bond acceptors (Lipinski definition) is 7. The van der Waals surface area contributed by atoms with Crippen molar-refractivity contribution < 1.29 is 33.4 Å². The van der Waals surface area contributed by atoms with E-state index in [1.807, 2.05) is 0 Å². The van der Waals surface area contributed by atoms with Gasteiger partial charge in [0.05, 0.1) is 6.42 Å². The van der Waals surface area contributed by atoms with Gasteiger partial charge in [-0.2, -0.15) is 0 Å². The lowest BCUT2D eigenvalue weighted by Gasteiger charge is -2.18. The van der Waals surface area contributed by atoms with Crippen molar-refractivity contribution in [3.63, 3.8) is 0 Å². The van der Waals surface area contributed by atoms with Crippen LogP contribution in [0.1, 0.15) is 181 Å². The lowest BCUT2D eigenvalue weighted by atomic mass is 10.1. The van der Waals surface area contributed by atoms with E-state index in [2.05, 4.69) is 19.2 Å². The number of carbonyl (C=O) groups is 4. The Morgan fingerprint density at radius 2 is 0.818 bits per heavy atom. The number of amides is 1. The zero-order valence-corrected chi connectivity index (χ0v) is 28.7. The molecule has 0 bridgehead atoms. The van der Waals surface area contributed by atoms with Gasteiger partial charge in [-0.05, 0) is 12.8 Å². The summed E-state index contributed by atoms with van der Waals surface area (Å²) in [5.41, 5.74) is 0. The number of hydrogen-bond donors (Lipinski definition) is 1. The predicted octanol–water partition coefficient (Wildman–Crippen LogP) is 8.91. The molecule has 0 aliphatic heterocycles. The molecule has 0 saturated carbocycles. The topological polar surface area (TPSA) is 108 Å². The van der Waals surface area contributed by atoms with Crippen molar-refractivity contribution in [1.82, 2.24) is 5.32 Å². The minimum atomic E-state index is -0.846. The normalized spacial score (nSPS) is 11.6. The summed E-state index contributed by atoms with van der Waals surface area (Å²) in [4.78, 5) is 47.8. The molecule has 8 heteroatoms. The van der Waals surface area contributed by atoms with Gasteiger partial charge < -0.3 is 19.5 Å². The maximum absolute atomic E-state index is 12.5. The van der Waals surface area contributed by atoms with Crippen molar-refractivity contribution in [3.8, 4) is 0 Å². The zero-order chi connectivity index (χ0) is 32.5. The Kier molecular flexibility index (Phi) is 30.7. The number of rotatable bonds is 32. The molecule has 1 amide bonds. The smallest absolute Gasteiger partial charge is 0.307 e. The average Bonchev–Trinajstić information content (AvgIpc) is 2.99. The Morgan fingerprint density at radius 3 is 1.20 bits per heavy atom. The van der Waals surface area contributed by atoms with Crippen LogP contribution in [-0.2, 0) is 33.4 Å². The summed E-state index contributed by atoms with van der Waals surface area (Å²) in [5.74, 6) is -1.44. The first-order chi connectivity index (χ1) is 21.4. The summed E-state index contributed by atoms with van der Waals surface area (Å²) >= 11 is 0. The Bertz CT molecular complexity index is 713. The third kappa shape index (κ3) is 31.3. The molecular formula is C36H67NO7. The highest BCUT2D eigenvalue weighted by atomic mass is 16.6. The number of unbranched alkanes of at least 4 members (excludes halogenated alkanes) is 20. The molecule has 8 nitrogen and oxygen atoms in total. The van der Waals surface area contributed by atoms with Gasteiger partial charge in [0.1, 0.15) is 13.2 Å². The van der Waals surface area contributed by atoms with Crippen LogP contribution in [-0.4, -0.2) is 49.7 Å². The van der Waals surface area contributed by atoms with Crippen molar-refractivity contribution in [1.29, 1.82) is 0 Å². The zero-order valence-electron chi connectivity index (χ0n) is 28.7. The summed E-state index contributed by atoms with van der Waals surface area (Å²) in [6.45, 7) is 5.70. The van der Waals surface area contributed by atoms with E-state index in [4.69, 9.17) is 14.2 Å².